The van der Waals surface area contributed by atoms with E-state index in [1.165, 1.54) is 10.4 Å². The van der Waals surface area contributed by atoms with E-state index in [1.54, 1.807) is 11.3 Å². The summed E-state index contributed by atoms with van der Waals surface area (Å²) in [5, 5.41) is 2.09. The Labute approximate surface area is 93.5 Å². The molecule has 1 aliphatic heterocycles. The van der Waals surface area contributed by atoms with E-state index in [0.29, 0.717) is 0 Å². The van der Waals surface area contributed by atoms with E-state index in [0.717, 1.165) is 31.3 Å². The first-order valence-corrected chi connectivity index (χ1v) is 5.99. The molecule has 0 N–H and O–H groups in total. The average molecular weight is 227 g/mol. The van der Waals surface area contributed by atoms with Gasteiger partial charge >= 0.3 is 0 Å². The summed E-state index contributed by atoms with van der Waals surface area (Å²) in [6.45, 7) is 5.56. The molecule has 14 heavy (non-hydrogen) atoms. The minimum atomic E-state index is 0.796. The maximum atomic E-state index is 5.46. The molecule has 0 radical (unpaired) electrons. The fraction of sp³-hybridized carbons (Fsp3) is 0.500. The SMILES string of the molecule is Cc1ccsc1C(=S)N1CCOCC1. The lowest BCUT2D eigenvalue weighted by atomic mass is 10.2. The van der Waals surface area contributed by atoms with Crippen molar-refractivity contribution in [2.24, 2.45) is 0 Å². The highest BCUT2D eigenvalue weighted by atomic mass is 32.1. The zero-order chi connectivity index (χ0) is 9.97. The highest BCUT2D eigenvalue weighted by molar-refractivity contribution is 7.81. The molecule has 0 bridgehead atoms. The number of nitrogens with zero attached hydrogens (tertiary/aromatic N) is 1. The highest BCUT2D eigenvalue weighted by Gasteiger charge is 2.16. The van der Waals surface area contributed by atoms with Crippen LogP contribution in [0.4, 0.5) is 0 Å². The molecule has 1 aromatic heterocycles. The van der Waals surface area contributed by atoms with Gasteiger partial charge in [0.05, 0.1) is 18.1 Å². The van der Waals surface area contributed by atoms with Crippen molar-refractivity contribution in [3.63, 3.8) is 0 Å². The maximum absolute atomic E-state index is 5.46. The molecular weight excluding hydrogens is 214 g/mol. The number of morpholine rings is 1. The first kappa shape index (κ1) is 10.1. The van der Waals surface area contributed by atoms with E-state index < -0.39 is 0 Å². The highest BCUT2D eigenvalue weighted by Crippen LogP contribution is 2.19. The Balaban J connectivity index is 2.11. The van der Waals surface area contributed by atoms with Gasteiger partial charge in [-0.2, -0.15) is 0 Å². The summed E-state index contributed by atoms with van der Waals surface area (Å²) < 4.78 is 5.30. The standard InChI is InChI=1S/C10H13NOS2/c1-8-2-7-14-9(8)10(13)11-3-5-12-6-4-11/h2,7H,3-6H2,1H3. The molecule has 0 amide bonds. The predicted molar refractivity (Wildman–Crippen MR) is 63.1 cm³/mol. The van der Waals surface area contributed by atoms with Gasteiger partial charge in [-0.25, -0.2) is 0 Å². The van der Waals surface area contributed by atoms with E-state index in [2.05, 4.69) is 23.3 Å². The van der Waals surface area contributed by atoms with E-state index in [1.807, 2.05) is 0 Å². The third-order valence-electron chi connectivity index (χ3n) is 2.35. The van der Waals surface area contributed by atoms with Gasteiger partial charge in [0.1, 0.15) is 4.99 Å². The third kappa shape index (κ3) is 1.97. The second-order valence-corrected chi connectivity index (χ2v) is 4.64. The molecule has 1 saturated heterocycles. The maximum Gasteiger partial charge on any atom is 0.119 e. The minimum Gasteiger partial charge on any atom is -0.378 e. The largest absolute Gasteiger partial charge is 0.378 e. The van der Waals surface area contributed by atoms with Gasteiger partial charge in [0.25, 0.3) is 0 Å². The summed E-state index contributed by atoms with van der Waals surface area (Å²) in [6, 6.07) is 2.12. The molecule has 1 aliphatic rings. The van der Waals surface area contributed by atoms with Crippen LogP contribution in [0.3, 0.4) is 0 Å². The normalized spacial score (nSPS) is 17.1. The Bertz CT molecular complexity index is 329. The number of hydrogen-bond acceptors (Lipinski definition) is 3. The molecule has 1 fully saturated rings. The Morgan fingerprint density at radius 1 is 1.50 bits per heavy atom. The smallest absolute Gasteiger partial charge is 0.119 e. The average Bonchev–Trinajstić information content (AvgIpc) is 2.65. The molecule has 76 valence electrons. The molecule has 2 nitrogen and oxygen atoms in total. The van der Waals surface area contributed by atoms with Gasteiger partial charge in [-0.15, -0.1) is 11.3 Å². The van der Waals surface area contributed by atoms with Gasteiger partial charge in [-0.05, 0) is 23.9 Å². The first-order chi connectivity index (χ1) is 6.79. The minimum absolute atomic E-state index is 0.796. The zero-order valence-corrected chi connectivity index (χ0v) is 9.79. The Morgan fingerprint density at radius 3 is 2.79 bits per heavy atom. The fourth-order valence-corrected chi connectivity index (χ4v) is 2.88. The zero-order valence-electron chi connectivity index (χ0n) is 8.16. The number of ether oxygens (including phenoxy) is 1. The van der Waals surface area contributed by atoms with Crippen molar-refractivity contribution in [1.29, 1.82) is 0 Å². The topological polar surface area (TPSA) is 12.5 Å². The molecule has 0 unspecified atom stereocenters. The first-order valence-electron chi connectivity index (χ1n) is 4.70. The summed E-state index contributed by atoms with van der Waals surface area (Å²) in [6.07, 6.45) is 0. The van der Waals surface area contributed by atoms with Crippen molar-refractivity contribution in [2.45, 2.75) is 6.92 Å². The number of aryl methyl sites for hydroxylation is 1. The van der Waals surface area contributed by atoms with Crippen LogP contribution in [-0.2, 0) is 4.74 Å². The molecule has 0 aromatic carbocycles. The molecule has 0 atom stereocenters. The summed E-state index contributed by atoms with van der Waals surface area (Å²) in [5.74, 6) is 0. The van der Waals surface area contributed by atoms with Crippen LogP contribution in [0.1, 0.15) is 10.4 Å². The van der Waals surface area contributed by atoms with E-state index >= 15 is 0 Å². The fourth-order valence-electron chi connectivity index (χ4n) is 1.50. The van der Waals surface area contributed by atoms with Gasteiger partial charge in [-0.3, -0.25) is 0 Å². The van der Waals surface area contributed by atoms with Crippen LogP contribution >= 0.6 is 23.6 Å². The molecule has 2 heterocycles. The van der Waals surface area contributed by atoms with Crippen LogP contribution in [0.25, 0.3) is 0 Å². The third-order valence-corrected chi connectivity index (χ3v) is 3.97. The molecule has 4 heteroatoms. The van der Waals surface area contributed by atoms with E-state index in [4.69, 9.17) is 17.0 Å². The van der Waals surface area contributed by atoms with Crippen LogP contribution in [0.2, 0.25) is 0 Å². The lowest BCUT2D eigenvalue weighted by molar-refractivity contribution is 0.0693. The van der Waals surface area contributed by atoms with Crippen LogP contribution in [-0.4, -0.2) is 36.2 Å². The van der Waals surface area contributed by atoms with Gasteiger partial charge in [-0.1, -0.05) is 12.2 Å². The van der Waals surface area contributed by atoms with Crippen molar-refractivity contribution in [3.05, 3.63) is 21.9 Å². The lowest BCUT2D eigenvalue weighted by Crippen LogP contribution is -2.40. The Morgan fingerprint density at radius 2 is 2.21 bits per heavy atom. The van der Waals surface area contributed by atoms with Crippen molar-refractivity contribution >= 4 is 28.5 Å². The summed E-state index contributed by atoms with van der Waals surface area (Å²) in [4.78, 5) is 4.46. The lowest BCUT2D eigenvalue weighted by Gasteiger charge is -2.28. The number of thiocarbonyl (C=S) groups is 1. The predicted octanol–water partition coefficient (Wildman–Crippen LogP) is 2.06. The van der Waals surface area contributed by atoms with Crippen molar-refractivity contribution in [3.8, 4) is 0 Å². The molecule has 0 saturated carbocycles. The molecule has 2 rings (SSSR count). The van der Waals surface area contributed by atoms with Crippen LogP contribution in [0.15, 0.2) is 11.4 Å². The van der Waals surface area contributed by atoms with Gasteiger partial charge in [0.15, 0.2) is 0 Å². The van der Waals surface area contributed by atoms with Gasteiger partial charge in [0.2, 0.25) is 0 Å². The summed E-state index contributed by atoms with van der Waals surface area (Å²) in [5.41, 5.74) is 1.28. The number of thiophene rings is 1. The number of rotatable bonds is 1. The molecule has 1 aromatic rings. The molecular formula is C10H13NOS2. The van der Waals surface area contributed by atoms with Crippen LogP contribution in [0.5, 0.6) is 0 Å². The monoisotopic (exact) mass is 227 g/mol. The van der Waals surface area contributed by atoms with Crippen LogP contribution < -0.4 is 0 Å². The quantitative estimate of drug-likeness (QED) is 0.681. The van der Waals surface area contributed by atoms with Crippen LogP contribution in [0, 0.1) is 6.92 Å². The van der Waals surface area contributed by atoms with Crippen molar-refractivity contribution in [2.75, 3.05) is 26.3 Å². The summed E-state index contributed by atoms with van der Waals surface area (Å²) in [7, 11) is 0. The Kier molecular flexibility index (Phi) is 3.15. The van der Waals surface area contributed by atoms with Gasteiger partial charge in [0, 0.05) is 13.1 Å². The summed E-state index contributed by atoms with van der Waals surface area (Å²) >= 11 is 7.19. The Hall–Kier alpha value is -0.450. The second-order valence-electron chi connectivity index (χ2n) is 3.34. The van der Waals surface area contributed by atoms with Crippen molar-refractivity contribution < 1.29 is 4.74 Å². The van der Waals surface area contributed by atoms with Crippen molar-refractivity contribution in [1.82, 2.24) is 4.90 Å². The van der Waals surface area contributed by atoms with Gasteiger partial charge < -0.3 is 9.64 Å². The van der Waals surface area contributed by atoms with E-state index in [-0.39, 0.29) is 0 Å². The number of hydrogen-bond donors (Lipinski definition) is 0. The molecule has 0 spiro atoms. The second kappa shape index (κ2) is 4.38. The van der Waals surface area contributed by atoms with E-state index in [9.17, 15) is 0 Å². The molecule has 0 aliphatic carbocycles.